The van der Waals surface area contributed by atoms with Gasteiger partial charge in [0, 0.05) is 12.7 Å². The fourth-order valence-corrected chi connectivity index (χ4v) is 1.90. The molecule has 5 heteroatoms. The Morgan fingerprint density at radius 3 is 2.94 bits per heavy atom. The van der Waals surface area contributed by atoms with E-state index in [1.807, 2.05) is 35.9 Å². The molecule has 0 aliphatic carbocycles. The van der Waals surface area contributed by atoms with Crippen LogP contribution in [0.4, 0.5) is 5.82 Å². The topological polar surface area (TPSA) is 46.9 Å². The SMILES string of the molecule is CCn1cccc1C(=O)Nc1cccc(Br)n1. The maximum Gasteiger partial charge on any atom is 0.273 e. The normalized spacial score (nSPS) is 10.2. The Kier molecular flexibility index (Phi) is 3.58. The number of carbonyl (C=O) groups is 1. The Morgan fingerprint density at radius 2 is 2.24 bits per heavy atom. The lowest BCUT2D eigenvalue weighted by molar-refractivity contribution is 0.101. The van der Waals surface area contributed by atoms with Crippen molar-refractivity contribution < 1.29 is 4.79 Å². The molecule has 2 aromatic rings. The summed E-state index contributed by atoms with van der Waals surface area (Å²) in [5.74, 6) is 0.385. The molecule has 17 heavy (non-hydrogen) atoms. The third-order valence-corrected chi connectivity index (χ3v) is 2.80. The Bertz CT molecular complexity index is 536. The van der Waals surface area contributed by atoms with Crippen molar-refractivity contribution in [2.24, 2.45) is 0 Å². The van der Waals surface area contributed by atoms with Crippen LogP contribution in [0.5, 0.6) is 0 Å². The van der Waals surface area contributed by atoms with Crippen molar-refractivity contribution >= 4 is 27.7 Å². The zero-order valence-electron chi connectivity index (χ0n) is 9.35. The second-order valence-electron chi connectivity index (χ2n) is 3.48. The average Bonchev–Trinajstić information content (AvgIpc) is 2.77. The number of hydrogen-bond donors (Lipinski definition) is 1. The molecule has 2 aromatic heterocycles. The second-order valence-corrected chi connectivity index (χ2v) is 4.29. The molecule has 0 atom stereocenters. The van der Waals surface area contributed by atoms with Crippen molar-refractivity contribution in [3.05, 3.63) is 46.8 Å². The number of aryl methyl sites for hydroxylation is 1. The molecule has 0 fully saturated rings. The van der Waals surface area contributed by atoms with Gasteiger partial charge in [0.05, 0.1) is 0 Å². The van der Waals surface area contributed by atoms with Crippen LogP contribution in [0.25, 0.3) is 0 Å². The van der Waals surface area contributed by atoms with Gasteiger partial charge in [-0.05, 0) is 47.1 Å². The van der Waals surface area contributed by atoms with Crippen molar-refractivity contribution in [1.82, 2.24) is 9.55 Å². The number of carbonyl (C=O) groups excluding carboxylic acids is 1. The standard InChI is InChI=1S/C12H12BrN3O/c1-2-16-8-4-5-9(16)12(17)15-11-7-3-6-10(13)14-11/h3-8H,2H2,1H3,(H,14,15,17). The summed E-state index contributed by atoms with van der Waals surface area (Å²) < 4.78 is 2.58. The Labute approximate surface area is 108 Å². The van der Waals surface area contributed by atoms with Gasteiger partial charge in [-0.1, -0.05) is 6.07 Å². The predicted octanol–water partition coefficient (Wildman–Crippen LogP) is 2.92. The molecular formula is C12H12BrN3O. The Morgan fingerprint density at radius 1 is 1.41 bits per heavy atom. The minimum atomic E-state index is -0.151. The van der Waals surface area contributed by atoms with E-state index < -0.39 is 0 Å². The molecule has 0 aliphatic heterocycles. The second kappa shape index (κ2) is 5.14. The number of nitrogens with zero attached hydrogens (tertiary/aromatic N) is 2. The van der Waals surface area contributed by atoms with Crippen LogP contribution in [0.1, 0.15) is 17.4 Å². The smallest absolute Gasteiger partial charge is 0.273 e. The van der Waals surface area contributed by atoms with Gasteiger partial charge in [-0.3, -0.25) is 4.79 Å². The fraction of sp³-hybridized carbons (Fsp3) is 0.167. The monoisotopic (exact) mass is 293 g/mol. The zero-order chi connectivity index (χ0) is 12.3. The predicted molar refractivity (Wildman–Crippen MR) is 70.0 cm³/mol. The molecule has 0 saturated carbocycles. The number of amides is 1. The van der Waals surface area contributed by atoms with Crippen molar-refractivity contribution in [2.45, 2.75) is 13.5 Å². The highest BCUT2D eigenvalue weighted by atomic mass is 79.9. The van der Waals surface area contributed by atoms with Crippen LogP contribution in [0, 0.1) is 0 Å². The molecule has 4 nitrogen and oxygen atoms in total. The molecule has 0 radical (unpaired) electrons. The number of nitrogens with one attached hydrogen (secondary N) is 1. The molecule has 0 saturated heterocycles. The number of rotatable bonds is 3. The third-order valence-electron chi connectivity index (χ3n) is 2.36. The van der Waals surface area contributed by atoms with Gasteiger partial charge in [0.1, 0.15) is 16.1 Å². The molecule has 0 bridgehead atoms. The van der Waals surface area contributed by atoms with Crippen LogP contribution in [-0.4, -0.2) is 15.5 Å². The van der Waals surface area contributed by atoms with Crippen LogP contribution in [0.2, 0.25) is 0 Å². The highest BCUT2D eigenvalue weighted by Gasteiger charge is 2.10. The van der Waals surface area contributed by atoms with E-state index in [0.29, 0.717) is 16.1 Å². The van der Waals surface area contributed by atoms with Gasteiger partial charge < -0.3 is 9.88 Å². The number of halogens is 1. The van der Waals surface area contributed by atoms with E-state index in [9.17, 15) is 4.79 Å². The molecule has 88 valence electrons. The summed E-state index contributed by atoms with van der Waals surface area (Å²) in [6.45, 7) is 2.76. The number of aromatic nitrogens is 2. The maximum absolute atomic E-state index is 12.0. The number of pyridine rings is 1. The summed E-state index contributed by atoms with van der Waals surface area (Å²) in [5, 5.41) is 2.76. The number of hydrogen-bond acceptors (Lipinski definition) is 2. The first-order valence-corrected chi connectivity index (χ1v) is 6.09. The summed E-state index contributed by atoms with van der Waals surface area (Å²) in [5.41, 5.74) is 0.634. The highest BCUT2D eigenvalue weighted by Crippen LogP contribution is 2.11. The van der Waals surface area contributed by atoms with E-state index >= 15 is 0 Å². The van der Waals surface area contributed by atoms with Gasteiger partial charge in [0.15, 0.2) is 0 Å². The summed E-state index contributed by atoms with van der Waals surface area (Å²) in [4.78, 5) is 16.1. The minimum absolute atomic E-state index is 0.151. The first-order chi connectivity index (χ1) is 8.20. The van der Waals surface area contributed by atoms with E-state index in [2.05, 4.69) is 26.2 Å². The molecule has 2 rings (SSSR count). The molecular weight excluding hydrogens is 282 g/mol. The van der Waals surface area contributed by atoms with Crippen LogP contribution in [0.15, 0.2) is 41.1 Å². The summed E-state index contributed by atoms with van der Waals surface area (Å²) >= 11 is 3.26. The van der Waals surface area contributed by atoms with E-state index in [0.717, 1.165) is 6.54 Å². The highest BCUT2D eigenvalue weighted by molar-refractivity contribution is 9.10. The Balaban J connectivity index is 2.17. The summed E-state index contributed by atoms with van der Waals surface area (Å²) in [7, 11) is 0. The molecule has 0 spiro atoms. The van der Waals surface area contributed by atoms with Gasteiger partial charge >= 0.3 is 0 Å². The third kappa shape index (κ3) is 2.74. The van der Waals surface area contributed by atoms with Crippen LogP contribution in [0.3, 0.4) is 0 Å². The first kappa shape index (κ1) is 11.9. The van der Waals surface area contributed by atoms with E-state index in [1.165, 1.54) is 0 Å². The van der Waals surface area contributed by atoms with Crippen molar-refractivity contribution in [3.63, 3.8) is 0 Å². The van der Waals surface area contributed by atoms with Crippen molar-refractivity contribution in [2.75, 3.05) is 5.32 Å². The molecule has 1 amide bonds. The van der Waals surface area contributed by atoms with Gasteiger partial charge in [-0.25, -0.2) is 4.98 Å². The van der Waals surface area contributed by atoms with Gasteiger partial charge in [-0.15, -0.1) is 0 Å². The Hall–Kier alpha value is -1.62. The summed E-state index contributed by atoms with van der Waals surface area (Å²) in [6, 6.07) is 9.03. The van der Waals surface area contributed by atoms with Gasteiger partial charge in [0.25, 0.3) is 5.91 Å². The molecule has 0 aliphatic rings. The minimum Gasteiger partial charge on any atom is -0.344 e. The van der Waals surface area contributed by atoms with Crippen LogP contribution < -0.4 is 5.32 Å². The zero-order valence-corrected chi connectivity index (χ0v) is 10.9. The average molecular weight is 294 g/mol. The van der Waals surface area contributed by atoms with Crippen molar-refractivity contribution in [3.8, 4) is 0 Å². The van der Waals surface area contributed by atoms with Crippen LogP contribution in [-0.2, 0) is 6.54 Å². The van der Waals surface area contributed by atoms with E-state index in [-0.39, 0.29) is 5.91 Å². The van der Waals surface area contributed by atoms with Crippen molar-refractivity contribution in [1.29, 1.82) is 0 Å². The summed E-state index contributed by atoms with van der Waals surface area (Å²) in [6.07, 6.45) is 1.88. The molecule has 0 aromatic carbocycles. The lowest BCUT2D eigenvalue weighted by Gasteiger charge is -2.07. The van der Waals surface area contributed by atoms with E-state index in [1.54, 1.807) is 12.1 Å². The maximum atomic E-state index is 12.0. The van der Waals surface area contributed by atoms with Gasteiger partial charge in [-0.2, -0.15) is 0 Å². The number of anilines is 1. The largest absolute Gasteiger partial charge is 0.344 e. The fourth-order valence-electron chi connectivity index (χ4n) is 1.55. The molecule has 2 heterocycles. The lowest BCUT2D eigenvalue weighted by atomic mass is 10.4. The molecule has 0 unspecified atom stereocenters. The quantitative estimate of drug-likeness (QED) is 0.885. The lowest BCUT2D eigenvalue weighted by Crippen LogP contribution is -2.17. The van der Waals surface area contributed by atoms with Crippen LogP contribution >= 0.6 is 15.9 Å². The first-order valence-electron chi connectivity index (χ1n) is 5.29. The van der Waals surface area contributed by atoms with Gasteiger partial charge in [0.2, 0.25) is 0 Å². The van der Waals surface area contributed by atoms with E-state index in [4.69, 9.17) is 0 Å². The molecule has 1 N–H and O–H groups in total.